The number of imidazole rings is 1. The normalized spacial score (nSPS) is 12.6. The van der Waals surface area contributed by atoms with Gasteiger partial charge in [-0.15, -0.1) is 0 Å². The van der Waals surface area contributed by atoms with Crippen molar-refractivity contribution >= 4 is 11.8 Å². The highest BCUT2D eigenvalue weighted by Crippen LogP contribution is 2.24. The number of nitrogens with zero attached hydrogens (tertiary/aromatic N) is 2. The van der Waals surface area contributed by atoms with E-state index in [1.807, 2.05) is 19.1 Å². The summed E-state index contributed by atoms with van der Waals surface area (Å²) in [6.07, 6.45) is 5.46. The van der Waals surface area contributed by atoms with Crippen LogP contribution in [0.5, 0.6) is 0 Å². The molecule has 0 unspecified atom stereocenters. The van der Waals surface area contributed by atoms with Crippen LogP contribution in [0, 0.1) is 0 Å². The maximum atomic E-state index is 9.59. The highest BCUT2D eigenvalue weighted by atomic mass is 32.2. The molecule has 0 aliphatic rings. The first-order chi connectivity index (χ1) is 7.79. The zero-order valence-electron chi connectivity index (χ0n) is 8.92. The molecule has 0 aliphatic heterocycles. The molecule has 84 valence electrons. The van der Waals surface area contributed by atoms with Gasteiger partial charge in [-0.1, -0.05) is 18.7 Å². The second-order valence-corrected chi connectivity index (χ2v) is 4.40. The van der Waals surface area contributed by atoms with Gasteiger partial charge >= 0.3 is 0 Å². The molecule has 2 rings (SSSR count). The van der Waals surface area contributed by atoms with Crippen LogP contribution in [0.4, 0.5) is 0 Å². The average Bonchev–Trinajstić information content (AvgIpc) is 2.82. The maximum Gasteiger partial charge on any atom is 0.170 e. The smallest absolute Gasteiger partial charge is 0.170 e. The Morgan fingerprint density at radius 1 is 1.44 bits per heavy atom. The van der Waals surface area contributed by atoms with E-state index in [0.29, 0.717) is 12.1 Å². The lowest BCUT2D eigenvalue weighted by molar-refractivity contribution is 0.169. The summed E-state index contributed by atoms with van der Waals surface area (Å²) in [4.78, 5) is 12.3. The molecule has 0 radical (unpaired) electrons. The molecule has 0 aliphatic carbocycles. The van der Waals surface area contributed by atoms with Crippen LogP contribution in [0.3, 0.4) is 0 Å². The van der Waals surface area contributed by atoms with E-state index in [1.165, 1.54) is 11.8 Å². The topological polar surface area (TPSA) is 61.8 Å². The summed E-state index contributed by atoms with van der Waals surface area (Å²) in [5, 5.41) is 10.4. The first-order valence-electron chi connectivity index (χ1n) is 5.11. The van der Waals surface area contributed by atoms with Crippen molar-refractivity contribution in [3.63, 3.8) is 0 Å². The molecular formula is C11H13N3OS. The lowest BCUT2D eigenvalue weighted by Crippen LogP contribution is -1.97. The monoisotopic (exact) mass is 235 g/mol. The maximum absolute atomic E-state index is 9.59. The largest absolute Gasteiger partial charge is 0.387 e. The number of aromatic amines is 1. The summed E-state index contributed by atoms with van der Waals surface area (Å²) in [7, 11) is 0. The lowest BCUT2D eigenvalue weighted by Gasteiger charge is -2.06. The predicted molar refractivity (Wildman–Crippen MR) is 62.2 cm³/mol. The Morgan fingerprint density at radius 2 is 2.31 bits per heavy atom. The molecule has 0 spiro atoms. The zero-order chi connectivity index (χ0) is 11.4. The highest BCUT2D eigenvalue weighted by molar-refractivity contribution is 7.99. The molecule has 2 heterocycles. The van der Waals surface area contributed by atoms with Crippen LogP contribution in [0.2, 0.25) is 0 Å². The van der Waals surface area contributed by atoms with E-state index in [2.05, 4.69) is 15.0 Å². The van der Waals surface area contributed by atoms with Crippen molar-refractivity contribution in [3.05, 3.63) is 36.4 Å². The van der Waals surface area contributed by atoms with Gasteiger partial charge in [-0.05, 0) is 18.6 Å². The molecular weight excluding hydrogens is 222 g/mol. The van der Waals surface area contributed by atoms with Crippen LogP contribution in [0.25, 0.3) is 0 Å². The van der Waals surface area contributed by atoms with Crippen molar-refractivity contribution in [3.8, 4) is 0 Å². The molecule has 16 heavy (non-hydrogen) atoms. The summed E-state index contributed by atoms with van der Waals surface area (Å²) >= 11 is 1.51. The van der Waals surface area contributed by atoms with Crippen molar-refractivity contribution in [2.24, 2.45) is 0 Å². The Balaban J connectivity index is 2.07. The summed E-state index contributed by atoms with van der Waals surface area (Å²) in [6, 6.07) is 3.79. The molecule has 0 aromatic carbocycles. The summed E-state index contributed by atoms with van der Waals surface area (Å²) in [6.45, 7) is 1.93. The number of aromatic nitrogens is 3. The molecule has 0 amide bonds. The molecule has 0 bridgehead atoms. The van der Waals surface area contributed by atoms with E-state index in [9.17, 15) is 5.11 Å². The van der Waals surface area contributed by atoms with Gasteiger partial charge < -0.3 is 10.1 Å². The third kappa shape index (κ3) is 2.62. The first kappa shape index (κ1) is 11.2. The molecule has 2 N–H and O–H groups in total. The quantitative estimate of drug-likeness (QED) is 0.854. The zero-order valence-corrected chi connectivity index (χ0v) is 9.74. The number of pyridine rings is 1. The summed E-state index contributed by atoms with van der Waals surface area (Å²) in [5.41, 5.74) is 0.714. The molecule has 0 saturated carbocycles. The van der Waals surface area contributed by atoms with Crippen molar-refractivity contribution < 1.29 is 5.11 Å². The number of aliphatic hydroxyl groups excluding tert-OH is 1. The molecule has 0 fully saturated rings. The van der Waals surface area contributed by atoms with Crippen molar-refractivity contribution in [2.45, 2.75) is 29.5 Å². The van der Waals surface area contributed by atoms with E-state index >= 15 is 0 Å². The number of hydrogen-bond acceptors (Lipinski definition) is 4. The van der Waals surface area contributed by atoms with E-state index in [-0.39, 0.29) is 0 Å². The minimum atomic E-state index is -0.470. The van der Waals surface area contributed by atoms with E-state index in [4.69, 9.17) is 0 Å². The number of H-pyrrole nitrogens is 1. The van der Waals surface area contributed by atoms with Crippen LogP contribution >= 0.6 is 11.8 Å². The van der Waals surface area contributed by atoms with Crippen molar-refractivity contribution in [2.75, 3.05) is 0 Å². The van der Waals surface area contributed by atoms with Gasteiger partial charge in [0.05, 0.1) is 11.8 Å². The minimum Gasteiger partial charge on any atom is -0.387 e. The van der Waals surface area contributed by atoms with Gasteiger partial charge in [0.2, 0.25) is 0 Å². The number of nitrogens with one attached hydrogen (secondary N) is 1. The van der Waals surface area contributed by atoms with Gasteiger partial charge in [0, 0.05) is 23.5 Å². The summed E-state index contributed by atoms with van der Waals surface area (Å²) in [5.74, 6) is 0. The van der Waals surface area contributed by atoms with Gasteiger partial charge in [0.1, 0.15) is 0 Å². The molecule has 0 saturated heterocycles. The number of rotatable bonds is 4. The third-order valence-corrected chi connectivity index (χ3v) is 3.07. The van der Waals surface area contributed by atoms with Gasteiger partial charge in [-0.3, -0.25) is 4.98 Å². The van der Waals surface area contributed by atoms with Crippen molar-refractivity contribution in [1.29, 1.82) is 0 Å². The molecule has 1 atom stereocenters. The average molecular weight is 235 g/mol. The number of hydrogen-bond donors (Lipinski definition) is 2. The Kier molecular flexibility index (Phi) is 3.58. The van der Waals surface area contributed by atoms with Gasteiger partial charge in [-0.2, -0.15) is 0 Å². The Hall–Kier alpha value is -1.33. The van der Waals surface area contributed by atoms with Gasteiger partial charge in [0.25, 0.3) is 0 Å². The Bertz CT molecular complexity index is 427. The SMILES string of the molecule is CC[C@@H](O)c1ccc(Sc2ncc[nH]2)cn1. The molecule has 5 heteroatoms. The highest BCUT2D eigenvalue weighted by Gasteiger charge is 2.06. The Morgan fingerprint density at radius 3 is 2.88 bits per heavy atom. The van der Waals surface area contributed by atoms with E-state index in [0.717, 1.165) is 10.1 Å². The van der Waals surface area contributed by atoms with Gasteiger partial charge in [0.15, 0.2) is 5.16 Å². The predicted octanol–water partition coefficient (Wildman–Crippen LogP) is 2.40. The van der Waals surface area contributed by atoms with E-state index < -0.39 is 6.10 Å². The fraction of sp³-hybridized carbons (Fsp3) is 0.273. The van der Waals surface area contributed by atoms with Crippen LogP contribution in [-0.4, -0.2) is 20.1 Å². The third-order valence-electron chi connectivity index (χ3n) is 2.17. The van der Waals surface area contributed by atoms with Crippen LogP contribution in [-0.2, 0) is 0 Å². The van der Waals surface area contributed by atoms with Crippen LogP contribution in [0.15, 0.2) is 40.8 Å². The standard InChI is InChI=1S/C11H13N3OS/c1-2-10(15)9-4-3-8(7-14-9)16-11-12-5-6-13-11/h3-7,10,15H,2H2,1H3,(H,12,13)/t10-/m1/s1. The van der Waals surface area contributed by atoms with Crippen LogP contribution < -0.4 is 0 Å². The minimum absolute atomic E-state index is 0.470. The molecule has 2 aromatic rings. The fourth-order valence-corrected chi connectivity index (χ4v) is 1.98. The van der Waals surface area contributed by atoms with Crippen LogP contribution in [0.1, 0.15) is 25.1 Å². The number of aliphatic hydroxyl groups is 1. The second kappa shape index (κ2) is 5.14. The molecule has 2 aromatic heterocycles. The van der Waals surface area contributed by atoms with E-state index in [1.54, 1.807) is 18.6 Å². The summed E-state index contributed by atoms with van der Waals surface area (Å²) < 4.78 is 0. The lowest BCUT2D eigenvalue weighted by atomic mass is 10.2. The van der Waals surface area contributed by atoms with Gasteiger partial charge in [-0.25, -0.2) is 4.98 Å². The fourth-order valence-electron chi connectivity index (χ4n) is 1.28. The Labute approximate surface area is 98.1 Å². The second-order valence-electron chi connectivity index (χ2n) is 3.34. The van der Waals surface area contributed by atoms with Crippen molar-refractivity contribution in [1.82, 2.24) is 15.0 Å². The first-order valence-corrected chi connectivity index (χ1v) is 5.92. The molecule has 4 nitrogen and oxygen atoms in total.